The zero-order chi connectivity index (χ0) is 10.8. The minimum atomic E-state index is -3.54. The smallest absolute Gasteiger partial charge is 0.266 e. The van der Waals surface area contributed by atoms with Gasteiger partial charge >= 0.3 is 0 Å². The second-order valence-electron chi connectivity index (χ2n) is 2.46. The van der Waals surface area contributed by atoms with Crippen LogP contribution in [0.2, 0.25) is 0 Å². The number of nitrogens with two attached hydrogens (primary N) is 1. The largest absolute Gasteiger partial charge is 0.375 e. The average Bonchev–Trinajstić information content (AvgIpc) is 2.49. The minimum absolute atomic E-state index is 0.123. The van der Waals surface area contributed by atoms with Crippen LogP contribution in [0.4, 0.5) is 0 Å². The first-order valence-corrected chi connectivity index (χ1v) is 6.26. The Hall–Kier alpha value is -0.700. The summed E-state index contributed by atoms with van der Waals surface area (Å²) >= 11 is 5.63. The number of hydrazine groups is 1. The van der Waals surface area contributed by atoms with E-state index in [4.69, 9.17) is 5.73 Å². The van der Waals surface area contributed by atoms with Gasteiger partial charge in [-0.2, -0.15) is 0 Å². The van der Waals surface area contributed by atoms with Crippen molar-refractivity contribution in [2.45, 2.75) is 11.1 Å². The van der Waals surface area contributed by atoms with E-state index < -0.39 is 10.0 Å². The lowest BCUT2D eigenvalue weighted by atomic mass is 10.5. The third-order valence-corrected chi connectivity index (χ3v) is 4.13. The van der Waals surface area contributed by atoms with E-state index in [0.717, 1.165) is 4.88 Å². The van der Waals surface area contributed by atoms with Gasteiger partial charge in [-0.25, -0.2) is 8.42 Å². The third kappa shape index (κ3) is 2.91. The van der Waals surface area contributed by atoms with Gasteiger partial charge in [0.2, 0.25) is 0 Å². The standard InChI is InChI=1S/C6H9N3O2S3/c1-4-2-3-5(13-4)14(10,11)9-8-6(7)12/h2-3,9H,1H3,(H3,7,8,12). The van der Waals surface area contributed by atoms with Crippen LogP contribution in [0.1, 0.15) is 4.88 Å². The Bertz CT molecular complexity index is 437. The van der Waals surface area contributed by atoms with E-state index in [1.807, 2.05) is 6.92 Å². The maximum atomic E-state index is 11.5. The van der Waals surface area contributed by atoms with Crippen LogP contribution in [0.15, 0.2) is 16.3 Å². The minimum Gasteiger partial charge on any atom is -0.375 e. The predicted octanol–water partition coefficient (Wildman–Crippen LogP) is 0.0830. The van der Waals surface area contributed by atoms with E-state index in [1.54, 1.807) is 6.07 Å². The highest BCUT2D eigenvalue weighted by Crippen LogP contribution is 2.19. The Kier molecular flexibility index (Phi) is 3.43. The molecular weight excluding hydrogens is 242 g/mol. The Balaban J connectivity index is 2.81. The van der Waals surface area contributed by atoms with Crippen LogP contribution >= 0.6 is 23.6 Å². The summed E-state index contributed by atoms with van der Waals surface area (Å²) in [5, 5.41) is -0.123. The number of thiocarbonyl (C=S) groups is 1. The quantitative estimate of drug-likeness (QED) is 0.523. The van der Waals surface area contributed by atoms with Gasteiger partial charge in [0, 0.05) is 4.88 Å². The molecule has 5 nitrogen and oxygen atoms in total. The van der Waals surface area contributed by atoms with Crippen LogP contribution in [0.3, 0.4) is 0 Å². The molecule has 0 fully saturated rings. The molecule has 4 N–H and O–H groups in total. The zero-order valence-corrected chi connectivity index (χ0v) is 9.72. The molecular formula is C6H9N3O2S3. The van der Waals surface area contributed by atoms with E-state index >= 15 is 0 Å². The van der Waals surface area contributed by atoms with E-state index in [9.17, 15) is 8.42 Å². The number of hydrogen-bond donors (Lipinski definition) is 3. The van der Waals surface area contributed by atoms with Crippen LogP contribution in [0.5, 0.6) is 0 Å². The SMILES string of the molecule is Cc1ccc(S(=O)(=O)NNC(N)=S)s1. The molecule has 0 atom stereocenters. The fraction of sp³-hybridized carbons (Fsp3) is 0.167. The number of hydrogen-bond acceptors (Lipinski definition) is 4. The zero-order valence-electron chi connectivity index (χ0n) is 7.27. The van der Waals surface area contributed by atoms with Crippen LogP contribution in [0, 0.1) is 6.92 Å². The highest BCUT2D eigenvalue weighted by atomic mass is 32.2. The van der Waals surface area contributed by atoms with Crippen molar-refractivity contribution in [2.24, 2.45) is 5.73 Å². The number of thiophene rings is 1. The third-order valence-electron chi connectivity index (χ3n) is 1.29. The maximum Gasteiger partial charge on any atom is 0.266 e. The highest BCUT2D eigenvalue weighted by Gasteiger charge is 2.15. The fourth-order valence-electron chi connectivity index (χ4n) is 0.724. The summed E-state index contributed by atoms with van der Waals surface area (Å²) < 4.78 is 23.2. The summed E-state index contributed by atoms with van der Waals surface area (Å²) in [6.45, 7) is 1.82. The van der Waals surface area contributed by atoms with Gasteiger partial charge in [-0.1, -0.05) is 0 Å². The monoisotopic (exact) mass is 251 g/mol. The molecule has 0 saturated carbocycles. The lowest BCUT2D eigenvalue weighted by Gasteiger charge is -2.04. The molecule has 1 aromatic rings. The van der Waals surface area contributed by atoms with Crippen molar-refractivity contribution in [1.82, 2.24) is 10.3 Å². The summed E-state index contributed by atoms with van der Waals surface area (Å²) in [4.78, 5) is 2.97. The van der Waals surface area contributed by atoms with Crippen molar-refractivity contribution in [3.8, 4) is 0 Å². The Morgan fingerprint density at radius 3 is 2.64 bits per heavy atom. The molecule has 0 aromatic carbocycles. The number of sulfonamides is 1. The van der Waals surface area contributed by atoms with E-state index in [1.165, 1.54) is 17.4 Å². The lowest BCUT2D eigenvalue weighted by Crippen LogP contribution is -2.43. The van der Waals surface area contributed by atoms with Gasteiger partial charge in [-0.15, -0.1) is 16.2 Å². The summed E-state index contributed by atoms with van der Waals surface area (Å²) in [7, 11) is -3.54. The highest BCUT2D eigenvalue weighted by molar-refractivity contribution is 7.91. The molecule has 0 aliphatic carbocycles. The topological polar surface area (TPSA) is 84.2 Å². The molecule has 0 aliphatic heterocycles. The molecule has 0 amide bonds. The van der Waals surface area contributed by atoms with Gasteiger partial charge in [-0.3, -0.25) is 5.43 Å². The molecule has 0 spiro atoms. The van der Waals surface area contributed by atoms with E-state index in [0.29, 0.717) is 0 Å². The molecule has 0 aliphatic rings. The molecule has 1 rings (SSSR count). The van der Waals surface area contributed by atoms with Crippen LogP contribution in [-0.2, 0) is 10.0 Å². The molecule has 8 heteroatoms. The van der Waals surface area contributed by atoms with Gasteiger partial charge in [0.05, 0.1) is 0 Å². The first-order chi connectivity index (χ1) is 6.42. The number of rotatable bonds is 3. The van der Waals surface area contributed by atoms with Crippen molar-refractivity contribution in [3.05, 3.63) is 17.0 Å². The first-order valence-electron chi connectivity index (χ1n) is 3.55. The van der Waals surface area contributed by atoms with Gasteiger partial charge in [0.15, 0.2) is 5.11 Å². The van der Waals surface area contributed by atoms with Crippen molar-refractivity contribution >= 4 is 38.7 Å². The van der Waals surface area contributed by atoms with Gasteiger partial charge in [-0.05, 0) is 31.3 Å². The Labute approximate surface area is 91.3 Å². The molecule has 0 bridgehead atoms. The summed E-state index contributed by atoms with van der Waals surface area (Å²) in [6, 6.07) is 3.24. The Morgan fingerprint density at radius 2 is 2.21 bits per heavy atom. The van der Waals surface area contributed by atoms with Crippen LogP contribution in [0.25, 0.3) is 0 Å². The average molecular weight is 251 g/mol. The molecule has 78 valence electrons. The normalized spacial score (nSPS) is 11.2. The molecule has 1 aromatic heterocycles. The van der Waals surface area contributed by atoms with Crippen LogP contribution in [-0.4, -0.2) is 13.5 Å². The van der Waals surface area contributed by atoms with Gasteiger partial charge in [0.25, 0.3) is 10.0 Å². The molecule has 0 radical (unpaired) electrons. The Morgan fingerprint density at radius 1 is 1.57 bits per heavy atom. The van der Waals surface area contributed by atoms with Gasteiger partial charge < -0.3 is 5.73 Å². The molecule has 1 heterocycles. The van der Waals surface area contributed by atoms with E-state index in [2.05, 4.69) is 22.5 Å². The molecule has 0 saturated heterocycles. The van der Waals surface area contributed by atoms with Crippen molar-refractivity contribution in [3.63, 3.8) is 0 Å². The van der Waals surface area contributed by atoms with Crippen LogP contribution < -0.4 is 16.0 Å². The molecule has 0 unspecified atom stereocenters. The van der Waals surface area contributed by atoms with Crippen molar-refractivity contribution in [2.75, 3.05) is 0 Å². The summed E-state index contributed by atoms with van der Waals surface area (Å²) in [5.74, 6) is 0. The summed E-state index contributed by atoms with van der Waals surface area (Å²) in [6.07, 6.45) is 0. The maximum absolute atomic E-state index is 11.5. The van der Waals surface area contributed by atoms with Crippen molar-refractivity contribution in [1.29, 1.82) is 0 Å². The summed E-state index contributed by atoms with van der Waals surface area (Å²) in [5.41, 5.74) is 7.25. The fourth-order valence-corrected chi connectivity index (χ4v) is 2.98. The number of aryl methyl sites for hydroxylation is 1. The first kappa shape index (κ1) is 11.4. The van der Waals surface area contributed by atoms with Crippen molar-refractivity contribution < 1.29 is 8.42 Å². The number of nitrogens with one attached hydrogen (secondary N) is 2. The van der Waals surface area contributed by atoms with Gasteiger partial charge in [0.1, 0.15) is 4.21 Å². The molecule has 14 heavy (non-hydrogen) atoms. The van der Waals surface area contributed by atoms with E-state index in [-0.39, 0.29) is 9.32 Å². The lowest BCUT2D eigenvalue weighted by molar-refractivity contribution is 0.579. The second-order valence-corrected chi connectivity index (χ2v) is 6.10. The predicted molar refractivity (Wildman–Crippen MR) is 59.3 cm³/mol. The second kappa shape index (κ2) is 4.22.